The first-order valence-corrected chi connectivity index (χ1v) is 11.4. The van der Waals surface area contributed by atoms with Crippen molar-refractivity contribution in [3.8, 4) is 11.1 Å². The SMILES string of the molecule is CCc1cccc(CC)c1N(COC)C(=O)CCl.C[n+]1ccc(-c2cc[n+](C)cc2)cc1. The van der Waals surface area contributed by atoms with Crippen LogP contribution in [0.15, 0.2) is 67.3 Å². The summed E-state index contributed by atoms with van der Waals surface area (Å²) in [4.78, 5) is 13.6. The van der Waals surface area contributed by atoms with E-state index in [4.69, 9.17) is 16.3 Å². The van der Waals surface area contributed by atoms with E-state index in [0.29, 0.717) is 0 Å². The summed E-state index contributed by atoms with van der Waals surface area (Å²) in [5.74, 6) is -0.168. The number of methoxy groups -OCH3 is 1. The van der Waals surface area contributed by atoms with E-state index >= 15 is 0 Å². The van der Waals surface area contributed by atoms with Crippen LogP contribution in [0.3, 0.4) is 0 Å². The fourth-order valence-electron chi connectivity index (χ4n) is 3.41. The minimum absolute atomic E-state index is 0.0371. The van der Waals surface area contributed by atoms with E-state index in [1.165, 1.54) is 11.1 Å². The largest absolute Gasteiger partial charge is 0.364 e. The number of nitrogens with zero attached hydrogens (tertiary/aromatic N) is 3. The predicted molar refractivity (Wildman–Crippen MR) is 130 cm³/mol. The molecule has 2 heterocycles. The zero-order valence-corrected chi connectivity index (χ0v) is 20.5. The highest BCUT2D eigenvalue weighted by Crippen LogP contribution is 2.27. The average Bonchev–Trinajstić information content (AvgIpc) is 2.83. The molecule has 0 spiro atoms. The van der Waals surface area contributed by atoms with Crippen molar-refractivity contribution in [3.05, 3.63) is 78.4 Å². The smallest absolute Gasteiger partial charge is 0.243 e. The summed E-state index contributed by atoms with van der Waals surface area (Å²) >= 11 is 5.68. The molecule has 0 saturated heterocycles. The van der Waals surface area contributed by atoms with Crippen molar-refractivity contribution in [3.63, 3.8) is 0 Å². The van der Waals surface area contributed by atoms with Gasteiger partial charge in [0.25, 0.3) is 0 Å². The van der Waals surface area contributed by atoms with Crippen LogP contribution in [0.5, 0.6) is 0 Å². The maximum atomic E-state index is 12.0. The molecular formula is C26H34ClN3O2+2. The minimum atomic E-state index is -0.130. The molecule has 1 aromatic carbocycles. The molecule has 0 saturated carbocycles. The van der Waals surface area contributed by atoms with Gasteiger partial charge in [-0.15, -0.1) is 11.6 Å². The maximum Gasteiger partial charge on any atom is 0.243 e. The predicted octanol–water partition coefficient (Wildman–Crippen LogP) is 3.99. The molecular weight excluding hydrogens is 422 g/mol. The average molecular weight is 456 g/mol. The van der Waals surface area contributed by atoms with E-state index in [9.17, 15) is 4.79 Å². The molecule has 0 fully saturated rings. The number of alkyl halides is 1. The number of amides is 1. The summed E-state index contributed by atoms with van der Waals surface area (Å²) in [6.07, 6.45) is 9.98. The first kappa shape index (κ1) is 25.5. The highest BCUT2D eigenvalue weighted by atomic mass is 35.5. The molecule has 0 aliphatic carbocycles. The molecule has 5 nitrogen and oxygen atoms in total. The van der Waals surface area contributed by atoms with Gasteiger partial charge in [-0.1, -0.05) is 32.0 Å². The molecule has 2 aromatic heterocycles. The second-order valence-electron chi connectivity index (χ2n) is 7.51. The van der Waals surface area contributed by atoms with Crippen LogP contribution in [0.25, 0.3) is 11.1 Å². The molecule has 3 aromatic rings. The van der Waals surface area contributed by atoms with Gasteiger partial charge in [0, 0.05) is 31.4 Å². The molecule has 0 aliphatic heterocycles. The molecule has 0 atom stereocenters. The van der Waals surface area contributed by atoms with Crippen molar-refractivity contribution in [1.82, 2.24) is 0 Å². The Morgan fingerprint density at radius 2 is 1.31 bits per heavy atom. The summed E-state index contributed by atoms with van der Waals surface area (Å²) in [6, 6.07) is 14.6. The number of halogens is 1. The van der Waals surface area contributed by atoms with Gasteiger partial charge in [0.2, 0.25) is 5.91 Å². The van der Waals surface area contributed by atoms with Crippen molar-refractivity contribution in [1.29, 1.82) is 0 Å². The second-order valence-corrected chi connectivity index (χ2v) is 7.78. The Kier molecular flexibility index (Phi) is 10.3. The minimum Gasteiger partial charge on any atom is -0.364 e. The number of carbonyl (C=O) groups excluding carboxylic acids is 1. The molecule has 3 rings (SSSR count). The fraction of sp³-hybridized carbons (Fsp3) is 0.346. The molecule has 6 heteroatoms. The summed E-state index contributed by atoms with van der Waals surface area (Å²) in [6.45, 7) is 4.39. The number of carbonyl (C=O) groups is 1. The Labute approximate surface area is 196 Å². The first-order chi connectivity index (χ1) is 15.4. The van der Waals surface area contributed by atoms with Gasteiger partial charge in [-0.2, -0.15) is 0 Å². The van der Waals surface area contributed by atoms with Gasteiger partial charge in [0.1, 0.15) is 26.7 Å². The first-order valence-electron chi connectivity index (χ1n) is 10.8. The van der Waals surface area contributed by atoms with Crippen LogP contribution in [0.2, 0.25) is 0 Å². The molecule has 0 unspecified atom stereocenters. The summed E-state index contributed by atoms with van der Waals surface area (Å²) in [5.41, 5.74) is 5.75. The number of hydrogen-bond donors (Lipinski definition) is 0. The van der Waals surface area contributed by atoms with E-state index in [2.05, 4.69) is 62.9 Å². The molecule has 0 bridgehead atoms. The molecule has 0 aliphatic rings. The lowest BCUT2D eigenvalue weighted by molar-refractivity contribution is -0.671. The van der Waals surface area contributed by atoms with Gasteiger partial charge < -0.3 is 4.74 Å². The van der Waals surface area contributed by atoms with Crippen LogP contribution in [0.1, 0.15) is 25.0 Å². The monoisotopic (exact) mass is 455 g/mol. The van der Waals surface area contributed by atoms with E-state index < -0.39 is 0 Å². The summed E-state index contributed by atoms with van der Waals surface area (Å²) in [5, 5.41) is 0. The molecule has 1 amide bonds. The lowest BCUT2D eigenvalue weighted by Gasteiger charge is -2.26. The number of para-hydroxylation sites is 1. The normalized spacial score (nSPS) is 10.3. The van der Waals surface area contributed by atoms with Gasteiger partial charge in [-0.05, 0) is 35.1 Å². The zero-order chi connectivity index (χ0) is 23.5. The van der Waals surface area contributed by atoms with Gasteiger partial charge in [0.15, 0.2) is 24.8 Å². The number of pyridine rings is 2. The molecule has 0 radical (unpaired) electrons. The number of benzene rings is 1. The second kappa shape index (κ2) is 12.9. The number of ether oxygens (including phenoxy) is 1. The summed E-state index contributed by atoms with van der Waals surface area (Å²) in [7, 11) is 5.62. The topological polar surface area (TPSA) is 37.3 Å². The summed E-state index contributed by atoms with van der Waals surface area (Å²) < 4.78 is 9.20. The van der Waals surface area contributed by atoms with Crippen molar-refractivity contribution < 1.29 is 18.7 Å². The Bertz CT molecular complexity index is 923. The highest BCUT2D eigenvalue weighted by molar-refractivity contribution is 6.29. The van der Waals surface area contributed by atoms with Crippen molar-refractivity contribution in [2.75, 3.05) is 24.6 Å². The number of aromatic nitrogens is 2. The van der Waals surface area contributed by atoms with Crippen molar-refractivity contribution in [2.45, 2.75) is 26.7 Å². The number of aryl methyl sites for hydroxylation is 4. The van der Waals surface area contributed by atoms with Crippen LogP contribution in [-0.2, 0) is 36.5 Å². The standard InChI is InChI=1S/C14H20ClNO2.C12H14N2/c1-4-11-7-6-8-12(5-2)14(11)16(10-18-3)13(17)9-15;1-13-7-3-11(4-8-13)12-5-9-14(2)10-6-12/h6-8H,4-5,9-10H2,1-3H3;3-10H,1-2H3/q;+2. The fourth-order valence-corrected chi connectivity index (χ4v) is 3.56. The Balaban J connectivity index is 0.000000233. The van der Waals surface area contributed by atoms with Crippen LogP contribution in [-0.4, -0.2) is 25.6 Å². The highest BCUT2D eigenvalue weighted by Gasteiger charge is 2.19. The lowest BCUT2D eigenvalue weighted by atomic mass is 10.0. The third-order valence-corrected chi connectivity index (χ3v) is 5.43. The Morgan fingerprint density at radius 1 is 0.875 bits per heavy atom. The molecule has 0 N–H and O–H groups in total. The van der Waals surface area contributed by atoms with E-state index in [1.54, 1.807) is 12.0 Å². The van der Waals surface area contributed by atoms with Crippen LogP contribution in [0, 0.1) is 0 Å². The van der Waals surface area contributed by atoms with E-state index in [1.807, 2.05) is 41.4 Å². The van der Waals surface area contributed by atoms with Crippen LogP contribution >= 0.6 is 11.6 Å². The molecule has 32 heavy (non-hydrogen) atoms. The Hall–Kier alpha value is -2.76. The van der Waals surface area contributed by atoms with E-state index in [0.717, 1.165) is 29.7 Å². The third-order valence-electron chi connectivity index (χ3n) is 5.20. The van der Waals surface area contributed by atoms with Crippen LogP contribution < -0.4 is 14.0 Å². The van der Waals surface area contributed by atoms with Gasteiger partial charge in [-0.25, -0.2) is 9.13 Å². The maximum absolute atomic E-state index is 12.0. The molecule has 170 valence electrons. The van der Waals surface area contributed by atoms with Gasteiger partial charge >= 0.3 is 0 Å². The van der Waals surface area contributed by atoms with Crippen LogP contribution in [0.4, 0.5) is 5.69 Å². The van der Waals surface area contributed by atoms with Crippen molar-refractivity contribution in [2.24, 2.45) is 14.1 Å². The number of rotatable bonds is 7. The lowest BCUT2D eigenvalue weighted by Crippen LogP contribution is -2.35. The van der Waals surface area contributed by atoms with Gasteiger partial charge in [0.05, 0.1) is 5.69 Å². The number of anilines is 1. The van der Waals surface area contributed by atoms with Crippen molar-refractivity contribution >= 4 is 23.2 Å². The third kappa shape index (κ3) is 6.87. The number of hydrogen-bond acceptors (Lipinski definition) is 2. The quantitative estimate of drug-likeness (QED) is 0.307. The zero-order valence-electron chi connectivity index (χ0n) is 19.7. The van der Waals surface area contributed by atoms with Gasteiger partial charge in [-0.3, -0.25) is 9.69 Å². The Morgan fingerprint density at radius 3 is 1.66 bits per heavy atom. The van der Waals surface area contributed by atoms with E-state index in [-0.39, 0.29) is 18.5 Å².